The molecule has 0 aliphatic carbocycles. The monoisotopic (exact) mass is 275 g/mol. The average Bonchev–Trinajstić information content (AvgIpc) is 2.49. The van der Waals surface area contributed by atoms with Gasteiger partial charge in [-0.15, -0.1) is 12.6 Å². The van der Waals surface area contributed by atoms with Gasteiger partial charge >= 0.3 is 0 Å². The lowest BCUT2D eigenvalue weighted by molar-refractivity contribution is 0.434. The predicted octanol–water partition coefficient (Wildman–Crippen LogP) is 1.09. The van der Waals surface area contributed by atoms with Gasteiger partial charge < -0.3 is 0 Å². The quantitative estimate of drug-likeness (QED) is 0.361. The summed E-state index contributed by atoms with van der Waals surface area (Å²) in [7, 11) is 1.82. The van der Waals surface area contributed by atoms with E-state index in [4.69, 9.17) is 0 Å². The Morgan fingerprint density at radius 1 is 0.947 bits per heavy atom. The molecule has 2 aromatic rings. The Bertz CT molecular complexity index is 439. The van der Waals surface area contributed by atoms with Crippen LogP contribution in [0, 0.1) is 0 Å². The largest absolute Gasteiger partial charge is 0.296 e. The molecule has 0 aliphatic rings. The number of nitrogens with zero attached hydrogens (tertiary/aromatic N) is 2. The lowest BCUT2D eigenvalue weighted by Gasteiger charge is -2.21. The number of hydrogen-bond donors (Lipinski definition) is 4. The van der Waals surface area contributed by atoms with Crippen molar-refractivity contribution in [2.75, 3.05) is 7.05 Å². The number of thiol groups is 1. The number of pyridine rings is 2. The minimum absolute atomic E-state index is 0.134. The summed E-state index contributed by atoms with van der Waals surface area (Å²) in [4.78, 5) is 8.74. The smallest absolute Gasteiger partial charge is 0.115 e. The molecule has 0 fully saturated rings. The molecule has 0 amide bonds. The lowest BCUT2D eigenvalue weighted by Crippen LogP contribution is -2.46. The summed E-state index contributed by atoms with van der Waals surface area (Å²) in [6, 6.07) is 11.5. The standard InChI is InChI=1S/C13H17N5S/c1-14-13(19)18-17-12(10-6-2-4-8-15-10)11-7-3-5-9-16-11/h2-9,12-14,17-19H,1H3. The Hall–Kier alpha value is -1.47. The van der Waals surface area contributed by atoms with Crippen LogP contribution in [0.5, 0.6) is 0 Å². The molecule has 0 aliphatic heterocycles. The highest BCUT2D eigenvalue weighted by atomic mass is 32.1. The highest BCUT2D eigenvalue weighted by molar-refractivity contribution is 7.80. The van der Waals surface area contributed by atoms with Crippen LogP contribution in [0.1, 0.15) is 17.4 Å². The van der Waals surface area contributed by atoms with Crippen molar-refractivity contribution in [2.24, 2.45) is 0 Å². The van der Waals surface area contributed by atoms with Crippen LogP contribution in [0.2, 0.25) is 0 Å². The van der Waals surface area contributed by atoms with E-state index in [1.807, 2.05) is 43.4 Å². The van der Waals surface area contributed by atoms with Crippen molar-refractivity contribution < 1.29 is 0 Å². The molecule has 100 valence electrons. The third-order valence-electron chi connectivity index (χ3n) is 2.60. The van der Waals surface area contributed by atoms with Gasteiger partial charge in [0.05, 0.1) is 11.4 Å². The first-order valence-corrected chi connectivity index (χ1v) is 6.51. The van der Waals surface area contributed by atoms with Crippen LogP contribution >= 0.6 is 12.6 Å². The van der Waals surface area contributed by atoms with Crippen molar-refractivity contribution in [1.82, 2.24) is 26.1 Å². The second kappa shape index (κ2) is 7.20. The predicted molar refractivity (Wildman–Crippen MR) is 78.4 cm³/mol. The topological polar surface area (TPSA) is 61.9 Å². The molecule has 0 saturated heterocycles. The Balaban J connectivity index is 2.19. The fourth-order valence-corrected chi connectivity index (χ4v) is 1.70. The molecule has 2 aromatic heterocycles. The zero-order chi connectivity index (χ0) is 13.5. The van der Waals surface area contributed by atoms with Gasteiger partial charge in [-0.1, -0.05) is 12.1 Å². The van der Waals surface area contributed by atoms with Gasteiger partial charge in [-0.2, -0.15) is 0 Å². The van der Waals surface area contributed by atoms with E-state index >= 15 is 0 Å². The van der Waals surface area contributed by atoms with Crippen molar-refractivity contribution in [2.45, 2.75) is 11.5 Å². The third kappa shape index (κ3) is 4.00. The molecule has 19 heavy (non-hydrogen) atoms. The zero-order valence-corrected chi connectivity index (χ0v) is 11.5. The van der Waals surface area contributed by atoms with Gasteiger partial charge in [-0.3, -0.25) is 15.3 Å². The van der Waals surface area contributed by atoms with E-state index in [0.717, 1.165) is 11.4 Å². The van der Waals surface area contributed by atoms with Crippen molar-refractivity contribution in [1.29, 1.82) is 0 Å². The summed E-state index contributed by atoms with van der Waals surface area (Å²) >= 11 is 4.30. The van der Waals surface area contributed by atoms with E-state index in [1.54, 1.807) is 12.4 Å². The highest BCUT2D eigenvalue weighted by Gasteiger charge is 2.16. The van der Waals surface area contributed by atoms with Gasteiger partial charge in [0.2, 0.25) is 0 Å². The van der Waals surface area contributed by atoms with Crippen LogP contribution in [0.25, 0.3) is 0 Å². The minimum atomic E-state index is -0.157. The Labute approximate surface area is 118 Å². The van der Waals surface area contributed by atoms with Crippen LogP contribution in [-0.2, 0) is 0 Å². The van der Waals surface area contributed by atoms with E-state index in [9.17, 15) is 0 Å². The Morgan fingerprint density at radius 3 is 1.95 bits per heavy atom. The maximum absolute atomic E-state index is 4.37. The van der Waals surface area contributed by atoms with E-state index in [-0.39, 0.29) is 11.5 Å². The zero-order valence-electron chi connectivity index (χ0n) is 10.6. The van der Waals surface area contributed by atoms with E-state index < -0.39 is 0 Å². The number of nitrogens with one attached hydrogen (secondary N) is 3. The van der Waals surface area contributed by atoms with Crippen LogP contribution in [0.4, 0.5) is 0 Å². The molecule has 0 bridgehead atoms. The van der Waals surface area contributed by atoms with Gasteiger partial charge in [-0.05, 0) is 31.3 Å². The number of aromatic nitrogens is 2. The molecule has 3 N–H and O–H groups in total. The maximum atomic E-state index is 4.37. The van der Waals surface area contributed by atoms with Crippen molar-refractivity contribution in [3.63, 3.8) is 0 Å². The first kappa shape index (κ1) is 14.0. The molecular formula is C13H17N5S. The van der Waals surface area contributed by atoms with Crippen molar-refractivity contribution in [3.05, 3.63) is 60.2 Å². The summed E-state index contributed by atoms with van der Waals surface area (Å²) in [6.07, 6.45) is 3.53. The Kier molecular flexibility index (Phi) is 5.29. The molecule has 0 saturated carbocycles. The minimum Gasteiger partial charge on any atom is -0.296 e. The molecule has 1 unspecified atom stereocenters. The van der Waals surface area contributed by atoms with Gasteiger partial charge in [0.1, 0.15) is 11.5 Å². The van der Waals surface area contributed by atoms with Gasteiger partial charge in [0.25, 0.3) is 0 Å². The molecule has 0 spiro atoms. The summed E-state index contributed by atoms with van der Waals surface area (Å²) in [5.41, 5.74) is 7.87. The summed E-state index contributed by atoms with van der Waals surface area (Å²) in [5, 5.41) is 2.97. The van der Waals surface area contributed by atoms with E-state index in [1.165, 1.54) is 0 Å². The highest BCUT2D eigenvalue weighted by Crippen LogP contribution is 2.16. The third-order valence-corrected chi connectivity index (χ3v) is 2.99. The van der Waals surface area contributed by atoms with Gasteiger partial charge in [-0.25, -0.2) is 10.9 Å². The van der Waals surface area contributed by atoms with Gasteiger partial charge in [0, 0.05) is 12.4 Å². The number of hydrogen-bond acceptors (Lipinski definition) is 6. The fraction of sp³-hybridized carbons (Fsp3) is 0.231. The molecule has 0 radical (unpaired) electrons. The first-order chi connectivity index (χ1) is 9.31. The second-order valence-corrected chi connectivity index (χ2v) is 4.44. The van der Waals surface area contributed by atoms with Crippen LogP contribution < -0.4 is 16.2 Å². The van der Waals surface area contributed by atoms with Gasteiger partial charge in [0.15, 0.2) is 0 Å². The van der Waals surface area contributed by atoms with Crippen LogP contribution in [-0.4, -0.2) is 22.5 Å². The summed E-state index contributed by atoms with van der Waals surface area (Å²) in [5.74, 6) is 0. The normalized spacial score (nSPS) is 12.6. The summed E-state index contributed by atoms with van der Waals surface area (Å²) < 4.78 is 0. The molecule has 0 aromatic carbocycles. The second-order valence-electron chi connectivity index (χ2n) is 3.92. The Morgan fingerprint density at radius 2 is 1.53 bits per heavy atom. The van der Waals surface area contributed by atoms with E-state index in [0.29, 0.717) is 0 Å². The fourth-order valence-electron chi connectivity index (χ4n) is 1.63. The van der Waals surface area contributed by atoms with Crippen LogP contribution in [0.15, 0.2) is 48.8 Å². The SMILES string of the molecule is CNC(S)NNC(c1ccccn1)c1ccccn1. The molecule has 5 nitrogen and oxygen atoms in total. The van der Waals surface area contributed by atoms with Crippen LogP contribution in [0.3, 0.4) is 0 Å². The molecular weight excluding hydrogens is 258 g/mol. The van der Waals surface area contributed by atoms with Crippen molar-refractivity contribution >= 4 is 12.6 Å². The number of hydrazine groups is 1. The number of rotatable bonds is 6. The van der Waals surface area contributed by atoms with E-state index in [2.05, 4.69) is 38.8 Å². The molecule has 1 atom stereocenters. The first-order valence-electron chi connectivity index (χ1n) is 5.99. The average molecular weight is 275 g/mol. The van der Waals surface area contributed by atoms with Crippen molar-refractivity contribution in [3.8, 4) is 0 Å². The molecule has 2 rings (SSSR count). The maximum Gasteiger partial charge on any atom is 0.115 e. The molecule has 2 heterocycles. The summed E-state index contributed by atoms with van der Waals surface area (Å²) in [6.45, 7) is 0. The lowest BCUT2D eigenvalue weighted by atomic mass is 10.1. The molecule has 6 heteroatoms.